The van der Waals surface area contributed by atoms with Crippen LogP contribution in [0.15, 0.2) is 54.7 Å². The molecule has 1 amide bonds. The molecule has 3 aromatic rings. The predicted octanol–water partition coefficient (Wildman–Crippen LogP) is 3.70. The first-order valence-corrected chi connectivity index (χ1v) is 7.84. The topological polar surface area (TPSA) is 51.1 Å². The smallest absolute Gasteiger partial charge is 0.244 e. The summed E-state index contributed by atoms with van der Waals surface area (Å²) in [5, 5.41) is 3.73. The normalized spacial score (nSPS) is 10.6. The lowest BCUT2D eigenvalue weighted by atomic mass is 10.2. The summed E-state index contributed by atoms with van der Waals surface area (Å²) in [6.07, 6.45) is 2.53. The SMILES string of the molecule is O=Cc1cn(CC(=O)Nc2cccc(I)c2)c2ccccc12. The van der Waals surface area contributed by atoms with Crippen LogP contribution in [0.4, 0.5) is 5.69 Å². The quantitative estimate of drug-likeness (QED) is 0.533. The van der Waals surface area contributed by atoms with Gasteiger partial charge in [0.05, 0.1) is 0 Å². The highest BCUT2D eigenvalue weighted by Crippen LogP contribution is 2.20. The van der Waals surface area contributed by atoms with Crippen molar-refractivity contribution in [2.24, 2.45) is 0 Å². The molecule has 0 saturated carbocycles. The van der Waals surface area contributed by atoms with Gasteiger partial charge in [0.1, 0.15) is 6.54 Å². The van der Waals surface area contributed by atoms with Crippen molar-refractivity contribution in [2.45, 2.75) is 6.54 Å². The van der Waals surface area contributed by atoms with Gasteiger partial charge in [-0.1, -0.05) is 24.3 Å². The van der Waals surface area contributed by atoms with E-state index >= 15 is 0 Å². The molecule has 0 unspecified atom stereocenters. The van der Waals surface area contributed by atoms with E-state index in [2.05, 4.69) is 27.9 Å². The molecule has 0 saturated heterocycles. The lowest BCUT2D eigenvalue weighted by molar-refractivity contribution is -0.116. The third-order valence-corrected chi connectivity index (χ3v) is 4.04. The number of halogens is 1. The highest BCUT2D eigenvalue weighted by Gasteiger charge is 2.10. The van der Waals surface area contributed by atoms with E-state index in [0.717, 1.165) is 26.4 Å². The Morgan fingerprint density at radius 2 is 2.00 bits per heavy atom. The number of rotatable bonds is 4. The van der Waals surface area contributed by atoms with Crippen LogP contribution in [0, 0.1) is 3.57 Å². The highest BCUT2D eigenvalue weighted by atomic mass is 127. The van der Waals surface area contributed by atoms with E-state index < -0.39 is 0 Å². The van der Waals surface area contributed by atoms with Crippen LogP contribution in [0.1, 0.15) is 10.4 Å². The molecule has 1 heterocycles. The van der Waals surface area contributed by atoms with Gasteiger partial charge < -0.3 is 9.88 Å². The first-order chi connectivity index (χ1) is 10.7. The van der Waals surface area contributed by atoms with Crippen molar-refractivity contribution in [1.82, 2.24) is 4.57 Å². The Hall–Kier alpha value is -2.15. The van der Waals surface area contributed by atoms with Gasteiger partial charge in [0.25, 0.3) is 0 Å². The zero-order valence-corrected chi connectivity index (χ0v) is 13.8. The van der Waals surface area contributed by atoms with Gasteiger partial charge in [0.15, 0.2) is 6.29 Å². The molecule has 3 rings (SSSR count). The van der Waals surface area contributed by atoms with Gasteiger partial charge in [-0.25, -0.2) is 0 Å². The fraction of sp³-hybridized carbons (Fsp3) is 0.0588. The second kappa shape index (κ2) is 6.31. The number of aromatic nitrogens is 1. The molecule has 5 heteroatoms. The van der Waals surface area contributed by atoms with Gasteiger partial charge in [-0.05, 0) is 46.9 Å². The van der Waals surface area contributed by atoms with Crippen LogP contribution in [0.25, 0.3) is 10.9 Å². The van der Waals surface area contributed by atoms with E-state index in [-0.39, 0.29) is 12.5 Å². The Labute approximate surface area is 141 Å². The summed E-state index contributed by atoms with van der Waals surface area (Å²) >= 11 is 2.20. The number of nitrogens with one attached hydrogen (secondary N) is 1. The molecule has 2 aromatic carbocycles. The van der Waals surface area contributed by atoms with E-state index in [1.54, 1.807) is 10.8 Å². The Bertz CT molecular complexity index is 855. The average Bonchev–Trinajstić information content (AvgIpc) is 2.85. The van der Waals surface area contributed by atoms with Crippen LogP contribution in [0.2, 0.25) is 0 Å². The fourth-order valence-corrected chi connectivity index (χ4v) is 2.96. The fourth-order valence-electron chi connectivity index (χ4n) is 2.42. The zero-order chi connectivity index (χ0) is 15.5. The molecular weight excluding hydrogens is 391 g/mol. The molecule has 0 aliphatic rings. The number of fused-ring (bicyclic) bond motifs is 1. The first kappa shape index (κ1) is 14.8. The number of carbonyl (C=O) groups excluding carboxylic acids is 2. The summed E-state index contributed by atoms with van der Waals surface area (Å²) in [5.41, 5.74) is 2.24. The summed E-state index contributed by atoms with van der Waals surface area (Å²) in [4.78, 5) is 23.3. The van der Waals surface area contributed by atoms with Crippen LogP contribution < -0.4 is 5.32 Å². The number of aldehydes is 1. The van der Waals surface area contributed by atoms with Crippen LogP contribution in [0.3, 0.4) is 0 Å². The minimum absolute atomic E-state index is 0.125. The van der Waals surface area contributed by atoms with Crippen molar-refractivity contribution in [3.05, 3.63) is 63.9 Å². The molecule has 1 N–H and O–H groups in total. The number of hydrogen-bond acceptors (Lipinski definition) is 2. The van der Waals surface area contributed by atoms with Crippen molar-refractivity contribution in [1.29, 1.82) is 0 Å². The molecule has 0 fully saturated rings. The molecule has 110 valence electrons. The van der Waals surface area contributed by atoms with Crippen LogP contribution >= 0.6 is 22.6 Å². The number of hydrogen-bond donors (Lipinski definition) is 1. The predicted molar refractivity (Wildman–Crippen MR) is 95.1 cm³/mol. The van der Waals surface area contributed by atoms with Gasteiger partial charge >= 0.3 is 0 Å². The summed E-state index contributed by atoms with van der Waals surface area (Å²) in [6, 6.07) is 15.2. The number of carbonyl (C=O) groups is 2. The third kappa shape index (κ3) is 3.04. The molecule has 22 heavy (non-hydrogen) atoms. The minimum Gasteiger partial charge on any atom is -0.337 e. The van der Waals surface area contributed by atoms with Crippen molar-refractivity contribution < 1.29 is 9.59 Å². The summed E-state index contributed by atoms with van der Waals surface area (Å²) in [5.74, 6) is -0.125. The van der Waals surface area contributed by atoms with Gasteiger partial charge in [0, 0.05) is 31.9 Å². The Morgan fingerprint density at radius 3 is 2.77 bits per heavy atom. The molecule has 1 aromatic heterocycles. The summed E-state index contributed by atoms with van der Waals surface area (Å²) in [6.45, 7) is 0.166. The second-order valence-electron chi connectivity index (χ2n) is 4.91. The van der Waals surface area contributed by atoms with Crippen molar-refractivity contribution in [2.75, 3.05) is 5.32 Å². The molecule has 0 atom stereocenters. The Kier molecular flexibility index (Phi) is 4.24. The summed E-state index contributed by atoms with van der Waals surface area (Å²) < 4.78 is 2.85. The van der Waals surface area contributed by atoms with E-state index in [0.29, 0.717) is 5.56 Å². The molecular formula is C17H13IN2O2. The van der Waals surface area contributed by atoms with Crippen LogP contribution in [-0.2, 0) is 11.3 Å². The molecule has 4 nitrogen and oxygen atoms in total. The standard InChI is InChI=1S/C17H13IN2O2/c18-13-4-3-5-14(8-13)19-17(22)10-20-9-12(11-21)15-6-1-2-7-16(15)20/h1-9,11H,10H2,(H,19,22). The van der Waals surface area contributed by atoms with Gasteiger partial charge in [-0.2, -0.15) is 0 Å². The number of amides is 1. The highest BCUT2D eigenvalue weighted by molar-refractivity contribution is 14.1. The van der Waals surface area contributed by atoms with Gasteiger partial charge in [-0.15, -0.1) is 0 Å². The van der Waals surface area contributed by atoms with E-state index in [1.807, 2.05) is 48.5 Å². The maximum Gasteiger partial charge on any atom is 0.244 e. The second-order valence-corrected chi connectivity index (χ2v) is 6.15. The minimum atomic E-state index is -0.125. The number of benzene rings is 2. The van der Waals surface area contributed by atoms with Crippen LogP contribution in [0.5, 0.6) is 0 Å². The summed E-state index contributed by atoms with van der Waals surface area (Å²) in [7, 11) is 0. The Morgan fingerprint density at radius 1 is 1.18 bits per heavy atom. The largest absolute Gasteiger partial charge is 0.337 e. The lowest BCUT2D eigenvalue weighted by Crippen LogP contribution is -2.18. The van der Waals surface area contributed by atoms with Crippen molar-refractivity contribution in [3.63, 3.8) is 0 Å². The number of nitrogens with zero attached hydrogens (tertiary/aromatic N) is 1. The number of para-hydroxylation sites is 1. The molecule has 0 bridgehead atoms. The monoisotopic (exact) mass is 404 g/mol. The van der Waals surface area contributed by atoms with E-state index in [4.69, 9.17) is 0 Å². The maximum atomic E-state index is 12.2. The van der Waals surface area contributed by atoms with Crippen molar-refractivity contribution in [3.8, 4) is 0 Å². The Balaban J connectivity index is 1.84. The maximum absolute atomic E-state index is 12.2. The van der Waals surface area contributed by atoms with E-state index in [1.165, 1.54) is 0 Å². The first-order valence-electron chi connectivity index (χ1n) is 6.76. The van der Waals surface area contributed by atoms with Gasteiger partial charge in [0.2, 0.25) is 5.91 Å². The molecule has 0 radical (unpaired) electrons. The zero-order valence-electron chi connectivity index (χ0n) is 11.6. The van der Waals surface area contributed by atoms with E-state index in [9.17, 15) is 9.59 Å². The molecule has 0 spiro atoms. The third-order valence-electron chi connectivity index (χ3n) is 3.37. The molecule has 0 aliphatic heterocycles. The van der Waals surface area contributed by atoms with Crippen molar-refractivity contribution >= 4 is 51.4 Å². The lowest BCUT2D eigenvalue weighted by Gasteiger charge is -2.07. The van der Waals surface area contributed by atoms with Gasteiger partial charge in [-0.3, -0.25) is 9.59 Å². The van der Waals surface area contributed by atoms with Crippen LogP contribution in [-0.4, -0.2) is 16.8 Å². The number of anilines is 1. The average molecular weight is 404 g/mol. The molecule has 0 aliphatic carbocycles.